The van der Waals surface area contributed by atoms with E-state index in [1.54, 1.807) is 24.5 Å². The topological polar surface area (TPSA) is 62.3 Å². The molecule has 2 heterocycles. The van der Waals surface area contributed by atoms with E-state index in [9.17, 15) is 9.59 Å². The molecular formula is C23H21N3O2S2. The molecule has 0 atom stereocenters. The van der Waals surface area contributed by atoms with E-state index in [0.717, 1.165) is 36.9 Å². The average Bonchev–Trinajstić information content (AvgIpc) is 3.37. The molecule has 0 bridgehead atoms. The maximum Gasteiger partial charge on any atom is 0.264 e. The number of carbonyl (C=O) groups excluding carboxylic acids is 2. The van der Waals surface area contributed by atoms with Gasteiger partial charge < -0.3 is 10.2 Å². The number of nitrogens with zero attached hydrogens (tertiary/aromatic N) is 2. The number of para-hydroxylation sites is 1. The SMILES string of the molecule is Cc1cccc(NC(=O)CN(C)C(=O)c2ccc(-c3nc4ccccc4s3)s2)c1C. The zero-order valence-electron chi connectivity index (χ0n) is 16.9. The highest BCUT2D eigenvalue weighted by Crippen LogP contribution is 2.34. The number of benzene rings is 2. The monoisotopic (exact) mass is 435 g/mol. The number of nitrogens with one attached hydrogen (secondary N) is 1. The average molecular weight is 436 g/mol. The molecule has 2 amide bonds. The molecule has 0 spiro atoms. The van der Waals surface area contributed by atoms with Gasteiger partial charge >= 0.3 is 0 Å². The van der Waals surface area contributed by atoms with Crippen molar-refractivity contribution < 1.29 is 9.59 Å². The number of fused-ring (bicyclic) bond motifs is 1. The van der Waals surface area contributed by atoms with E-state index >= 15 is 0 Å². The zero-order valence-corrected chi connectivity index (χ0v) is 18.6. The molecule has 5 nitrogen and oxygen atoms in total. The Hall–Kier alpha value is -3.03. The number of anilines is 1. The van der Waals surface area contributed by atoms with Crippen LogP contribution in [-0.2, 0) is 4.79 Å². The van der Waals surface area contributed by atoms with Gasteiger partial charge in [-0.1, -0.05) is 24.3 Å². The van der Waals surface area contributed by atoms with Gasteiger partial charge in [0.05, 0.1) is 26.5 Å². The van der Waals surface area contributed by atoms with Crippen LogP contribution in [0.3, 0.4) is 0 Å². The Labute approximate surface area is 183 Å². The summed E-state index contributed by atoms with van der Waals surface area (Å²) in [5.74, 6) is -0.397. The molecule has 0 radical (unpaired) electrons. The molecular weight excluding hydrogens is 414 g/mol. The number of amides is 2. The summed E-state index contributed by atoms with van der Waals surface area (Å²) in [6.07, 6.45) is 0. The van der Waals surface area contributed by atoms with Crippen molar-refractivity contribution in [2.75, 3.05) is 18.9 Å². The Kier molecular flexibility index (Phi) is 5.65. The molecule has 152 valence electrons. The fraction of sp³-hybridized carbons (Fsp3) is 0.174. The number of thiazole rings is 1. The normalized spacial score (nSPS) is 10.9. The Bertz CT molecular complexity index is 1210. The summed E-state index contributed by atoms with van der Waals surface area (Å²) < 4.78 is 1.12. The molecule has 0 aliphatic heterocycles. The summed E-state index contributed by atoms with van der Waals surface area (Å²) in [7, 11) is 1.64. The smallest absolute Gasteiger partial charge is 0.264 e. The fourth-order valence-electron chi connectivity index (χ4n) is 3.10. The first-order valence-corrected chi connectivity index (χ1v) is 11.1. The number of hydrogen-bond donors (Lipinski definition) is 1. The fourth-order valence-corrected chi connectivity index (χ4v) is 5.12. The minimum atomic E-state index is -0.220. The lowest BCUT2D eigenvalue weighted by molar-refractivity contribution is -0.116. The van der Waals surface area contributed by atoms with E-state index < -0.39 is 0 Å². The molecule has 0 saturated carbocycles. The molecule has 0 aliphatic rings. The second-order valence-corrected chi connectivity index (χ2v) is 9.22. The van der Waals surface area contributed by atoms with Crippen molar-refractivity contribution in [2.24, 2.45) is 0 Å². The van der Waals surface area contributed by atoms with Crippen LogP contribution in [0.4, 0.5) is 5.69 Å². The molecule has 0 fully saturated rings. The highest BCUT2D eigenvalue weighted by atomic mass is 32.1. The summed E-state index contributed by atoms with van der Waals surface area (Å²) in [6, 6.07) is 17.5. The van der Waals surface area contributed by atoms with Crippen molar-refractivity contribution >= 4 is 50.4 Å². The molecule has 0 saturated heterocycles. The van der Waals surface area contributed by atoms with Gasteiger partial charge in [0.15, 0.2) is 0 Å². The van der Waals surface area contributed by atoms with Crippen LogP contribution in [0.15, 0.2) is 54.6 Å². The van der Waals surface area contributed by atoms with Crippen molar-refractivity contribution in [3.63, 3.8) is 0 Å². The summed E-state index contributed by atoms with van der Waals surface area (Å²) in [5, 5.41) is 3.80. The van der Waals surface area contributed by atoms with Crippen LogP contribution < -0.4 is 5.32 Å². The van der Waals surface area contributed by atoms with Gasteiger partial charge in [0.2, 0.25) is 5.91 Å². The first-order chi connectivity index (χ1) is 14.4. The minimum Gasteiger partial charge on any atom is -0.332 e. The zero-order chi connectivity index (χ0) is 21.3. The second kappa shape index (κ2) is 8.38. The van der Waals surface area contributed by atoms with E-state index in [1.165, 1.54) is 16.2 Å². The van der Waals surface area contributed by atoms with Gasteiger partial charge in [-0.3, -0.25) is 9.59 Å². The van der Waals surface area contributed by atoms with Crippen LogP contribution in [0.2, 0.25) is 0 Å². The number of thiophene rings is 1. The molecule has 7 heteroatoms. The van der Waals surface area contributed by atoms with Crippen LogP contribution >= 0.6 is 22.7 Å². The van der Waals surface area contributed by atoms with Crippen LogP contribution in [0.1, 0.15) is 20.8 Å². The van der Waals surface area contributed by atoms with Crippen LogP contribution in [0.5, 0.6) is 0 Å². The predicted octanol–water partition coefficient (Wildman–Crippen LogP) is 5.35. The van der Waals surface area contributed by atoms with Crippen LogP contribution in [-0.4, -0.2) is 35.3 Å². The second-order valence-electron chi connectivity index (χ2n) is 7.11. The third-order valence-corrected chi connectivity index (χ3v) is 7.21. The van der Waals surface area contributed by atoms with E-state index in [4.69, 9.17) is 0 Å². The standard InChI is InChI=1S/C23H21N3O2S2/c1-14-7-6-9-16(15(14)2)24-21(27)13-26(3)23(28)20-12-11-19(29-20)22-25-17-8-4-5-10-18(17)30-22/h4-12H,13H2,1-3H3,(H,24,27). The number of carbonyl (C=O) groups is 2. The quantitative estimate of drug-likeness (QED) is 0.459. The van der Waals surface area contributed by atoms with Gasteiger partial charge in [0.1, 0.15) is 5.01 Å². The van der Waals surface area contributed by atoms with E-state index in [-0.39, 0.29) is 18.4 Å². The van der Waals surface area contributed by atoms with E-state index in [0.29, 0.717) is 4.88 Å². The van der Waals surface area contributed by atoms with Crippen molar-refractivity contribution in [3.05, 3.63) is 70.6 Å². The highest BCUT2D eigenvalue weighted by Gasteiger charge is 2.19. The van der Waals surface area contributed by atoms with Gasteiger partial charge in [0, 0.05) is 12.7 Å². The van der Waals surface area contributed by atoms with Gasteiger partial charge in [-0.05, 0) is 55.3 Å². The molecule has 0 aliphatic carbocycles. The Morgan fingerprint density at radius 2 is 1.80 bits per heavy atom. The Morgan fingerprint density at radius 3 is 2.60 bits per heavy atom. The third-order valence-electron chi connectivity index (χ3n) is 4.93. The van der Waals surface area contributed by atoms with E-state index in [1.807, 2.05) is 62.4 Å². The molecule has 2 aromatic heterocycles. The molecule has 1 N–H and O–H groups in total. The molecule has 4 aromatic rings. The predicted molar refractivity (Wildman–Crippen MR) is 124 cm³/mol. The lowest BCUT2D eigenvalue weighted by Crippen LogP contribution is -2.34. The maximum absolute atomic E-state index is 12.8. The van der Waals surface area contributed by atoms with Gasteiger partial charge in [-0.2, -0.15) is 0 Å². The lowest BCUT2D eigenvalue weighted by atomic mass is 10.1. The number of aromatic nitrogens is 1. The Balaban J connectivity index is 1.44. The summed E-state index contributed by atoms with van der Waals surface area (Å²) in [4.78, 5) is 32.9. The minimum absolute atomic E-state index is 0.0133. The van der Waals surface area contributed by atoms with E-state index in [2.05, 4.69) is 10.3 Å². The number of hydrogen-bond acceptors (Lipinski definition) is 5. The van der Waals surface area contributed by atoms with Gasteiger partial charge in [-0.25, -0.2) is 4.98 Å². The van der Waals surface area contributed by atoms with Gasteiger partial charge in [-0.15, -0.1) is 22.7 Å². The summed E-state index contributed by atoms with van der Waals surface area (Å²) in [5.41, 5.74) is 3.87. The number of rotatable bonds is 5. The third kappa shape index (κ3) is 4.13. The van der Waals surface area contributed by atoms with Crippen LogP contribution in [0, 0.1) is 13.8 Å². The van der Waals surface area contributed by atoms with Gasteiger partial charge in [0.25, 0.3) is 5.91 Å². The van der Waals surface area contributed by atoms with Crippen molar-refractivity contribution in [2.45, 2.75) is 13.8 Å². The first kappa shape index (κ1) is 20.3. The lowest BCUT2D eigenvalue weighted by Gasteiger charge is -2.17. The van der Waals surface area contributed by atoms with Crippen molar-refractivity contribution in [3.8, 4) is 9.88 Å². The van der Waals surface area contributed by atoms with Crippen molar-refractivity contribution in [1.29, 1.82) is 0 Å². The first-order valence-electron chi connectivity index (χ1n) is 9.49. The number of aryl methyl sites for hydroxylation is 1. The molecule has 0 unspecified atom stereocenters. The highest BCUT2D eigenvalue weighted by molar-refractivity contribution is 7.26. The molecule has 30 heavy (non-hydrogen) atoms. The van der Waals surface area contributed by atoms with Crippen LogP contribution in [0.25, 0.3) is 20.1 Å². The summed E-state index contributed by atoms with van der Waals surface area (Å²) >= 11 is 3.01. The summed E-state index contributed by atoms with van der Waals surface area (Å²) in [6.45, 7) is 3.95. The maximum atomic E-state index is 12.8. The number of likely N-dealkylation sites (N-methyl/N-ethyl adjacent to an activating group) is 1. The Morgan fingerprint density at radius 1 is 1.00 bits per heavy atom. The van der Waals surface area contributed by atoms with Crippen molar-refractivity contribution in [1.82, 2.24) is 9.88 Å². The largest absolute Gasteiger partial charge is 0.332 e. The molecule has 2 aromatic carbocycles. The molecule has 4 rings (SSSR count).